The smallest absolute Gasteiger partial charge is 0.335 e. The van der Waals surface area contributed by atoms with Crippen molar-refractivity contribution < 1.29 is 18.8 Å². The molecule has 0 saturated heterocycles. The molecule has 5 nitrogen and oxygen atoms in total. The molecule has 0 bridgehead atoms. The largest absolute Gasteiger partial charge is 0.489 e. The molecule has 0 aromatic heterocycles. The summed E-state index contributed by atoms with van der Waals surface area (Å²) in [5.74, 6) is 1.57. The van der Waals surface area contributed by atoms with Gasteiger partial charge in [0, 0.05) is 12.3 Å². The van der Waals surface area contributed by atoms with Crippen LogP contribution in [-0.4, -0.2) is 49.0 Å². The first kappa shape index (κ1) is 16.0. The molecule has 0 unspecified atom stereocenters. The Morgan fingerprint density at radius 3 is 2.76 bits per heavy atom. The van der Waals surface area contributed by atoms with Gasteiger partial charge in [0.15, 0.2) is 11.5 Å². The Morgan fingerprint density at radius 2 is 2.14 bits per heavy atom. The molecule has 1 aliphatic carbocycles. The zero-order valence-electron chi connectivity index (χ0n) is 12.4. The number of carboxylic acids is 1. The van der Waals surface area contributed by atoms with Gasteiger partial charge in [0.05, 0.1) is 24.2 Å². The fourth-order valence-corrected chi connectivity index (χ4v) is 2.43. The molecule has 6 heteroatoms. The normalized spacial score (nSPS) is 14.2. The van der Waals surface area contributed by atoms with Gasteiger partial charge in [0.25, 0.3) is 0 Å². The van der Waals surface area contributed by atoms with Crippen LogP contribution < -0.4 is 8.92 Å². The number of nitrogens with zero attached hydrogens (tertiary/aromatic N) is 1. The summed E-state index contributed by atoms with van der Waals surface area (Å²) in [5, 5.41) is 9.06. The molecule has 116 valence electrons. The standard InChI is InChI=1S/C15H21NO4S/c1-16(2)7-8-21-20-13-6-5-12(15(17)18)9-14(13)19-10-11-3-4-11/h5-6,9,11H,3-4,7-8,10H2,1-2H3,(H,17,18). The van der Waals surface area contributed by atoms with Gasteiger partial charge in [-0.1, -0.05) is 0 Å². The average Bonchev–Trinajstić information content (AvgIpc) is 3.25. The van der Waals surface area contributed by atoms with E-state index in [4.69, 9.17) is 14.0 Å². The molecule has 21 heavy (non-hydrogen) atoms. The van der Waals surface area contributed by atoms with Crippen molar-refractivity contribution in [3.8, 4) is 11.5 Å². The first-order chi connectivity index (χ1) is 10.1. The highest BCUT2D eigenvalue weighted by molar-refractivity contribution is 7.95. The lowest BCUT2D eigenvalue weighted by Gasteiger charge is -2.13. The lowest BCUT2D eigenvalue weighted by Crippen LogP contribution is -2.15. The van der Waals surface area contributed by atoms with E-state index in [1.807, 2.05) is 14.1 Å². The van der Waals surface area contributed by atoms with Crippen molar-refractivity contribution in [3.05, 3.63) is 23.8 Å². The van der Waals surface area contributed by atoms with Crippen molar-refractivity contribution in [2.75, 3.05) is 33.0 Å². The first-order valence-electron chi connectivity index (χ1n) is 7.00. The number of aromatic carboxylic acids is 1. The highest BCUT2D eigenvalue weighted by Gasteiger charge is 2.23. The Labute approximate surface area is 129 Å². The Morgan fingerprint density at radius 1 is 1.38 bits per heavy atom. The van der Waals surface area contributed by atoms with E-state index < -0.39 is 5.97 Å². The zero-order valence-corrected chi connectivity index (χ0v) is 13.2. The van der Waals surface area contributed by atoms with E-state index in [1.54, 1.807) is 6.07 Å². The number of ether oxygens (including phenoxy) is 1. The van der Waals surface area contributed by atoms with Crippen LogP contribution in [0.2, 0.25) is 0 Å². The summed E-state index contributed by atoms with van der Waals surface area (Å²) < 4.78 is 11.4. The quantitative estimate of drug-likeness (QED) is 0.559. The topological polar surface area (TPSA) is 59.0 Å². The summed E-state index contributed by atoms with van der Waals surface area (Å²) in [7, 11) is 4.01. The third-order valence-electron chi connectivity index (χ3n) is 3.13. The molecule has 1 saturated carbocycles. The molecule has 0 heterocycles. The van der Waals surface area contributed by atoms with E-state index >= 15 is 0 Å². The van der Waals surface area contributed by atoms with Crippen molar-refractivity contribution in [3.63, 3.8) is 0 Å². The lowest BCUT2D eigenvalue weighted by atomic mass is 10.2. The molecule has 2 rings (SSSR count). The van der Waals surface area contributed by atoms with Crippen molar-refractivity contribution in [1.29, 1.82) is 0 Å². The van der Waals surface area contributed by atoms with Crippen LogP contribution in [0.1, 0.15) is 23.2 Å². The average molecular weight is 311 g/mol. The number of hydrogen-bond donors (Lipinski definition) is 1. The fraction of sp³-hybridized carbons (Fsp3) is 0.533. The van der Waals surface area contributed by atoms with Gasteiger partial charge >= 0.3 is 5.97 Å². The number of benzene rings is 1. The minimum Gasteiger partial charge on any atom is -0.489 e. The van der Waals surface area contributed by atoms with Gasteiger partial charge < -0.3 is 18.9 Å². The molecule has 0 aliphatic heterocycles. The second-order valence-electron chi connectivity index (χ2n) is 5.43. The van der Waals surface area contributed by atoms with Gasteiger partial charge in [-0.3, -0.25) is 0 Å². The van der Waals surface area contributed by atoms with E-state index in [0.29, 0.717) is 24.0 Å². The fourth-order valence-electron chi connectivity index (χ4n) is 1.64. The molecule has 1 fully saturated rings. The molecule has 0 atom stereocenters. The first-order valence-corrected chi connectivity index (χ1v) is 7.91. The van der Waals surface area contributed by atoms with Crippen molar-refractivity contribution in [2.24, 2.45) is 5.92 Å². The molecular formula is C15H21NO4S. The van der Waals surface area contributed by atoms with Gasteiger partial charge in [0.2, 0.25) is 0 Å². The van der Waals surface area contributed by atoms with E-state index in [-0.39, 0.29) is 5.56 Å². The van der Waals surface area contributed by atoms with Crippen LogP contribution >= 0.6 is 12.0 Å². The highest BCUT2D eigenvalue weighted by Crippen LogP contribution is 2.34. The molecule has 0 spiro atoms. The summed E-state index contributed by atoms with van der Waals surface area (Å²) >= 11 is 1.34. The number of carboxylic acid groups (broad SMARTS) is 1. The number of carbonyl (C=O) groups is 1. The third kappa shape index (κ3) is 5.47. The third-order valence-corrected chi connectivity index (χ3v) is 3.78. The van der Waals surface area contributed by atoms with Gasteiger partial charge in [-0.05, 0) is 51.1 Å². The molecule has 1 aliphatic rings. The highest BCUT2D eigenvalue weighted by atomic mass is 32.2. The molecule has 0 radical (unpaired) electrons. The Kier molecular flexibility index (Phi) is 5.76. The summed E-state index contributed by atoms with van der Waals surface area (Å²) in [6.07, 6.45) is 2.37. The predicted molar refractivity (Wildman–Crippen MR) is 83.3 cm³/mol. The summed E-state index contributed by atoms with van der Waals surface area (Å²) in [5.41, 5.74) is 0.214. The Hall–Kier alpha value is -1.40. The van der Waals surface area contributed by atoms with Crippen LogP contribution in [0.3, 0.4) is 0 Å². The Bertz CT molecular complexity index is 489. The van der Waals surface area contributed by atoms with Crippen molar-refractivity contribution in [1.82, 2.24) is 4.90 Å². The van der Waals surface area contributed by atoms with Crippen LogP contribution in [0.4, 0.5) is 0 Å². The molecule has 0 amide bonds. The SMILES string of the molecule is CN(C)CCSOc1ccc(C(=O)O)cc1OCC1CC1. The van der Waals surface area contributed by atoms with Gasteiger partial charge in [-0.25, -0.2) is 4.79 Å². The lowest BCUT2D eigenvalue weighted by molar-refractivity contribution is 0.0696. The molecular weight excluding hydrogens is 290 g/mol. The molecule has 1 N–H and O–H groups in total. The second kappa shape index (κ2) is 7.56. The van der Waals surface area contributed by atoms with Gasteiger partial charge in [-0.2, -0.15) is 0 Å². The van der Waals surface area contributed by atoms with E-state index in [9.17, 15) is 4.79 Å². The second-order valence-corrected chi connectivity index (χ2v) is 6.24. The van der Waals surface area contributed by atoms with Crippen molar-refractivity contribution in [2.45, 2.75) is 12.8 Å². The predicted octanol–water partition coefficient (Wildman–Crippen LogP) is 2.76. The summed E-state index contributed by atoms with van der Waals surface area (Å²) in [4.78, 5) is 13.1. The minimum absolute atomic E-state index is 0.214. The van der Waals surface area contributed by atoms with Crippen molar-refractivity contribution >= 4 is 18.0 Å². The maximum atomic E-state index is 11.0. The van der Waals surface area contributed by atoms with Gasteiger partial charge in [0.1, 0.15) is 0 Å². The maximum absolute atomic E-state index is 11.0. The van der Waals surface area contributed by atoms with Crippen LogP contribution in [0.15, 0.2) is 18.2 Å². The monoisotopic (exact) mass is 311 g/mol. The number of rotatable bonds is 9. The van der Waals surface area contributed by atoms with Crippen LogP contribution in [-0.2, 0) is 0 Å². The van der Waals surface area contributed by atoms with Gasteiger partial charge in [-0.15, -0.1) is 0 Å². The minimum atomic E-state index is -0.960. The van der Waals surface area contributed by atoms with E-state index in [1.165, 1.54) is 37.0 Å². The van der Waals surface area contributed by atoms with E-state index in [2.05, 4.69) is 4.90 Å². The van der Waals surface area contributed by atoms with Crippen LogP contribution in [0.5, 0.6) is 11.5 Å². The van der Waals surface area contributed by atoms with Crippen LogP contribution in [0, 0.1) is 5.92 Å². The molecule has 1 aromatic carbocycles. The molecule has 1 aromatic rings. The van der Waals surface area contributed by atoms with Crippen LogP contribution in [0.25, 0.3) is 0 Å². The summed E-state index contributed by atoms with van der Waals surface area (Å²) in [6, 6.07) is 4.73. The number of hydrogen-bond acceptors (Lipinski definition) is 5. The summed E-state index contributed by atoms with van der Waals surface area (Å²) in [6.45, 7) is 1.54. The Balaban J connectivity index is 1.97. The van der Waals surface area contributed by atoms with E-state index in [0.717, 1.165) is 12.3 Å². The zero-order chi connectivity index (χ0) is 15.2. The maximum Gasteiger partial charge on any atom is 0.335 e.